The van der Waals surface area contributed by atoms with Crippen molar-refractivity contribution in [3.63, 3.8) is 0 Å². The molecule has 104 valence electrons. The fraction of sp³-hybridized carbons (Fsp3) is 0.200. The summed E-state index contributed by atoms with van der Waals surface area (Å²) in [5.41, 5.74) is 3.07. The zero-order valence-electron chi connectivity index (χ0n) is 11.1. The van der Waals surface area contributed by atoms with Crippen LogP contribution in [-0.2, 0) is 13.1 Å². The molecule has 0 atom stereocenters. The molecule has 0 aromatic heterocycles. The minimum absolute atomic E-state index is 0.179. The maximum absolute atomic E-state index is 10.9. The topological polar surface area (TPSA) is 55.2 Å². The van der Waals surface area contributed by atoms with Gasteiger partial charge >= 0.3 is 0 Å². The Kier molecular flexibility index (Phi) is 5.08. The van der Waals surface area contributed by atoms with Gasteiger partial charge in [-0.15, -0.1) is 0 Å². The molecule has 2 aromatic rings. The summed E-state index contributed by atoms with van der Waals surface area (Å²) in [5, 5.41) is 14.2. The molecule has 0 bridgehead atoms. The Bertz CT molecular complexity index is 612. The van der Waals surface area contributed by atoms with Crippen molar-refractivity contribution in [2.75, 3.05) is 0 Å². The van der Waals surface area contributed by atoms with Crippen LogP contribution >= 0.6 is 22.6 Å². The lowest BCUT2D eigenvalue weighted by atomic mass is 10.1. The second-order valence-electron chi connectivity index (χ2n) is 4.55. The van der Waals surface area contributed by atoms with Crippen molar-refractivity contribution in [1.29, 1.82) is 0 Å². The molecule has 4 nitrogen and oxygen atoms in total. The van der Waals surface area contributed by atoms with Crippen molar-refractivity contribution in [2.24, 2.45) is 0 Å². The van der Waals surface area contributed by atoms with E-state index in [1.807, 2.05) is 6.07 Å². The van der Waals surface area contributed by atoms with Crippen molar-refractivity contribution in [3.05, 3.63) is 72.8 Å². The monoisotopic (exact) mass is 382 g/mol. The van der Waals surface area contributed by atoms with Crippen LogP contribution in [-0.4, -0.2) is 4.92 Å². The Labute approximate surface area is 131 Å². The van der Waals surface area contributed by atoms with Gasteiger partial charge < -0.3 is 5.32 Å². The van der Waals surface area contributed by atoms with Gasteiger partial charge in [0.25, 0.3) is 5.69 Å². The van der Waals surface area contributed by atoms with Gasteiger partial charge in [0.1, 0.15) is 0 Å². The predicted octanol–water partition coefficient (Wildman–Crippen LogP) is 3.80. The number of nitro groups is 1. The molecule has 0 saturated heterocycles. The van der Waals surface area contributed by atoms with Gasteiger partial charge in [0.15, 0.2) is 0 Å². The third kappa shape index (κ3) is 3.77. The van der Waals surface area contributed by atoms with Crippen LogP contribution in [0.4, 0.5) is 5.69 Å². The largest absolute Gasteiger partial charge is 0.309 e. The van der Waals surface area contributed by atoms with Crippen molar-refractivity contribution in [1.82, 2.24) is 5.32 Å². The van der Waals surface area contributed by atoms with Crippen LogP contribution in [0.25, 0.3) is 0 Å². The molecule has 0 saturated carbocycles. The quantitative estimate of drug-likeness (QED) is 0.486. The van der Waals surface area contributed by atoms with E-state index in [2.05, 4.69) is 52.2 Å². The molecular weight excluding hydrogens is 367 g/mol. The lowest BCUT2D eigenvalue weighted by Gasteiger charge is -2.08. The minimum Gasteiger partial charge on any atom is -0.309 e. The van der Waals surface area contributed by atoms with Crippen LogP contribution in [0.15, 0.2) is 42.5 Å². The SMILES string of the molecule is Cc1c(CNCc2ccc(I)cc2)cccc1[N+](=O)[O-]. The normalized spacial score (nSPS) is 10.5. The van der Waals surface area contributed by atoms with E-state index in [9.17, 15) is 10.1 Å². The second kappa shape index (κ2) is 6.81. The maximum Gasteiger partial charge on any atom is 0.272 e. The van der Waals surface area contributed by atoms with E-state index in [-0.39, 0.29) is 10.6 Å². The van der Waals surface area contributed by atoms with E-state index >= 15 is 0 Å². The zero-order valence-corrected chi connectivity index (χ0v) is 13.3. The first-order valence-electron chi connectivity index (χ1n) is 6.26. The Morgan fingerprint density at radius 3 is 2.50 bits per heavy atom. The van der Waals surface area contributed by atoms with Gasteiger partial charge in [0.2, 0.25) is 0 Å². The van der Waals surface area contributed by atoms with E-state index in [1.54, 1.807) is 13.0 Å². The van der Waals surface area contributed by atoms with Gasteiger partial charge in [-0.25, -0.2) is 0 Å². The van der Waals surface area contributed by atoms with Crippen LogP contribution in [0, 0.1) is 20.6 Å². The molecule has 0 aliphatic carbocycles. The summed E-state index contributed by atoms with van der Waals surface area (Å²) in [7, 11) is 0. The summed E-state index contributed by atoms with van der Waals surface area (Å²) < 4.78 is 1.21. The second-order valence-corrected chi connectivity index (χ2v) is 5.79. The molecule has 0 fully saturated rings. The van der Waals surface area contributed by atoms with E-state index in [1.165, 1.54) is 15.2 Å². The Morgan fingerprint density at radius 2 is 1.85 bits per heavy atom. The molecule has 0 aliphatic heterocycles. The molecule has 2 aromatic carbocycles. The highest BCUT2D eigenvalue weighted by atomic mass is 127. The van der Waals surface area contributed by atoms with E-state index < -0.39 is 0 Å². The number of hydrogen-bond donors (Lipinski definition) is 1. The lowest BCUT2D eigenvalue weighted by Crippen LogP contribution is -2.13. The number of halogens is 1. The number of rotatable bonds is 5. The van der Waals surface area contributed by atoms with E-state index in [0.29, 0.717) is 6.54 Å². The molecule has 1 N–H and O–H groups in total. The van der Waals surface area contributed by atoms with Crippen molar-refractivity contribution in [2.45, 2.75) is 20.0 Å². The molecule has 0 spiro atoms. The van der Waals surface area contributed by atoms with Gasteiger partial charge in [-0.2, -0.15) is 0 Å². The van der Waals surface area contributed by atoms with Crippen molar-refractivity contribution >= 4 is 28.3 Å². The molecule has 2 rings (SSSR count). The van der Waals surface area contributed by atoms with Crippen LogP contribution in [0.1, 0.15) is 16.7 Å². The Morgan fingerprint density at radius 1 is 1.15 bits per heavy atom. The predicted molar refractivity (Wildman–Crippen MR) is 87.5 cm³/mol. The summed E-state index contributed by atoms with van der Waals surface area (Å²) in [6.07, 6.45) is 0. The summed E-state index contributed by atoms with van der Waals surface area (Å²) in [4.78, 5) is 10.6. The summed E-state index contributed by atoms with van der Waals surface area (Å²) in [5.74, 6) is 0. The van der Waals surface area contributed by atoms with Crippen molar-refractivity contribution < 1.29 is 4.92 Å². The van der Waals surface area contributed by atoms with Gasteiger partial charge in [-0.3, -0.25) is 10.1 Å². The highest BCUT2D eigenvalue weighted by Crippen LogP contribution is 2.20. The Balaban J connectivity index is 1.99. The molecule has 0 aliphatic rings. The number of nitro benzene ring substituents is 1. The average Bonchev–Trinajstić information content (AvgIpc) is 2.42. The van der Waals surface area contributed by atoms with Crippen LogP contribution in [0.5, 0.6) is 0 Å². The number of nitrogens with one attached hydrogen (secondary N) is 1. The summed E-state index contributed by atoms with van der Waals surface area (Å²) >= 11 is 2.27. The fourth-order valence-electron chi connectivity index (χ4n) is 2.00. The smallest absolute Gasteiger partial charge is 0.272 e. The molecule has 0 radical (unpaired) electrons. The van der Waals surface area contributed by atoms with Crippen LogP contribution in [0.2, 0.25) is 0 Å². The van der Waals surface area contributed by atoms with Gasteiger partial charge in [-0.1, -0.05) is 24.3 Å². The van der Waals surface area contributed by atoms with Crippen LogP contribution in [0.3, 0.4) is 0 Å². The molecule has 20 heavy (non-hydrogen) atoms. The highest BCUT2D eigenvalue weighted by molar-refractivity contribution is 14.1. The first kappa shape index (κ1) is 14.9. The van der Waals surface area contributed by atoms with Gasteiger partial charge in [-0.05, 0) is 52.8 Å². The fourth-order valence-corrected chi connectivity index (χ4v) is 2.36. The van der Waals surface area contributed by atoms with E-state index in [4.69, 9.17) is 0 Å². The van der Waals surface area contributed by atoms with Gasteiger partial charge in [0, 0.05) is 28.3 Å². The molecule has 0 heterocycles. The number of nitrogens with zero attached hydrogens (tertiary/aromatic N) is 1. The van der Waals surface area contributed by atoms with E-state index in [0.717, 1.165) is 17.7 Å². The van der Waals surface area contributed by atoms with Crippen LogP contribution < -0.4 is 5.32 Å². The summed E-state index contributed by atoms with van der Waals surface area (Å²) in [6, 6.07) is 13.5. The average molecular weight is 382 g/mol. The minimum atomic E-state index is -0.335. The zero-order chi connectivity index (χ0) is 14.5. The van der Waals surface area contributed by atoms with Crippen molar-refractivity contribution in [3.8, 4) is 0 Å². The molecular formula is C15H15IN2O2. The summed E-state index contributed by atoms with van der Waals surface area (Å²) in [6.45, 7) is 3.17. The maximum atomic E-state index is 10.9. The number of hydrogen-bond acceptors (Lipinski definition) is 3. The molecule has 0 unspecified atom stereocenters. The standard InChI is InChI=1S/C15H15IN2O2/c1-11-13(3-2-4-15(11)18(19)20)10-17-9-12-5-7-14(16)8-6-12/h2-8,17H,9-10H2,1H3. The van der Waals surface area contributed by atoms with Gasteiger partial charge in [0.05, 0.1) is 4.92 Å². The number of benzene rings is 2. The first-order valence-corrected chi connectivity index (χ1v) is 7.34. The molecule has 0 amide bonds. The lowest BCUT2D eigenvalue weighted by molar-refractivity contribution is -0.385. The first-order chi connectivity index (χ1) is 9.58. The third-order valence-electron chi connectivity index (χ3n) is 3.17. The highest BCUT2D eigenvalue weighted by Gasteiger charge is 2.12. The third-order valence-corrected chi connectivity index (χ3v) is 3.89. The molecule has 5 heteroatoms. The Hall–Kier alpha value is -1.47.